The highest BCUT2D eigenvalue weighted by molar-refractivity contribution is 5.97. The van der Waals surface area contributed by atoms with Crippen LogP contribution in [0.4, 0.5) is 5.69 Å². The number of nitrogens with zero attached hydrogens (tertiary/aromatic N) is 2. The SMILES string of the molecule is N#CCCCCN1C(=O)COc2ccccc21. The molecule has 2 rings (SSSR count). The number of ether oxygens (including phenoxy) is 1. The summed E-state index contributed by atoms with van der Waals surface area (Å²) >= 11 is 0. The minimum Gasteiger partial charge on any atom is -0.482 e. The lowest BCUT2D eigenvalue weighted by atomic mass is 10.2. The minimum atomic E-state index is -0.0133. The van der Waals surface area contributed by atoms with Gasteiger partial charge in [-0.3, -0.25) is 4.79 Å². The van der Waals surface area contributed by atoms with Crippen LogP contribution in [0.25, 0.3) is 0 Å². The van der Waals surface area contributed by atoms with Crippen LogP contribution >= 0.6 is 0 Å². The summed E-state index contributed by atoms with van der Waals surface area (Å²) < 4.78 is 5.35. The van der Waals surface area contributed by atoms with E-state index >= 15 is 0 Å². The lowest BCUT2D eigenvalue weighted by molar-refractivity contribution is -0.121. The van der Waals surface area contributed by atoms with Crippen LogP contribution in [0.2, 0.25) is 0 Å². The summed E-state index contributed by atoms with van der Waals surface area (Å²) in [7, 11) is 0. The van der Waals surface area contributed by atoms with Crippen LogP contribution in [0.15, 0.2) is 24.3 Å². The molecule has 0 saturated carbocycles. The number of para-hydroxylation sites is 2. The predicted octanol–water partition coefficient (Wildman–Crippen LogP) is 2.11. The van der Waals surface area contributed by atoms with Crippen molar-refractivity contribution in [2.45, 2.75) is 19.3 Å². The van der Waals surface area contributed by atoms with Gasteiger partial charge in [0.05, 0.1) is 11.8 Å². The zero-order valence-corrected chi connectivity index (χ0v) is 9.56. The Bertz CT molecular complexity index is 451. The maximum Gasteiger partial charge on any atom is 0.265 e. The molecule has 1 aliphatic rings. The van der Waals surface area contributed by atoms with E-state index in [1.54, 1.807) is 4.90 Å². The molecule has 0 saturated heterocycles. The van der Waals surface area contributed by atoms with E-state index in [1.807, 2.05) is 24.3 Å². The van der Waals surface area contributed by atoms with Crippen molar-refractivity contribution >= 4 is 11.6 Å². The first-order valence-corrected chi connectivity index (χ1v) is 5.72. The molecule has 0 spiro atoms. The second-order valence-electron chi connectivity index (χ2n) is 3.92. The summed E-state index contributed by atoms with van der Waals surface area (Å²) in [6.07, 6.45) is 2.21. The highest BCUT2D eigenvalue weighted by Crippen LogP contribution is 2.31. The standard InChI is InChI=1S/C13H14N2O2/c14-8-4-1-5-9-15-11-6-2-3-7-12(11)17-10-13(15)16/h2-3,6-7H,1,4-5,9-10H2. The van der Waals surface area contributed by atoms with E-state index in [1.165, 1.54) is 0 Å². The molecule has 1 aromatic carbocycles. The van der Waals surface area contributed by atoms with Gasteiger partial charge in [-0.25, -0.2) is 0 Å². The average Bonchev–Trinajstić information content (AvgIpc) is 2.37. The maximum atomic E-state index is 11.8. The highest BCUT2D eigenvalue weighted by Gasteiger charge is 2.24. The molecule has 88 valence electrons. The Kier molecular flexibility index (Phi) is 3.61. The number of rotatable bonds is 4. The zero-order chi connectivity index (χ0) is 12.1. The van der Waals surface area contributed by atoms with Crippen molar-refractivity contribution < 1.29 is 9.53 Å². The molecule has 0 bridgehead atoms. The molecule has 0 N–H and O–H groups in total. The molecule has 4 nitrogen and oxygen atoms in total. The molecule has 0 aromatic heterocycles. The first-order chi connectivity index (χ1) is 8.33. The van der Waals surface area contributed by atoms with Crippen molar-refractivity contribution in [1.29, 1.82) is 5.26 Å². The number of hydrogen-bond donors (Lipinski definition) is 0. The summed E-state index contributed by atoms with van der Waals surface area (Å²) in [6, 6.07) is 9.64. The molecule has 0 radical (unpaired) electrons. The van der Waals surface area contributed by atoms with E-state index < -0.39 is 0 Å². The van der Waals surface area contributed by atoms with Crippen LogP contribution < -0.4 is 9.64 Å². The van der Waals surface area contributed by atoms with E-state index in [4.69, 9.17) is 10.00 Å². The van der Waals surface area contributed by atoms with Gasteiger partial charge in [-0.15, -0.1) is 0 Å². The predicted molar refractivity (Wildman–Crippen MR) is 63.8 cm³/mol. The van der Waals surface area contributed by atoms with Crippen molar-refractivity contribution in [2.24, 2.45) is 0 Å². The van der Waals surface area contributed by atoms with Crippen LogP contribution in [0.5, 0.6) is 5.75 Å². The van der Waals surface area contributed by atoms with Gasteiger partial charge in [-0.1, -0.05) is 12.1 Å². The molecule has 0 atom stereocenters. The molecule has 1 aliphatic heterocycles. The van der Waals surface area contributed by atoms with Gasteiger partial charge >= 0.3 is 0 Å². The number of hydrogen-bond acceptors (Lipinski definition) is 3. The average molecular weight is 230 g/mol. The van der Waals surface area contributed by atoms with Gasteiger partial charge in [0.25, 0.3) is 5.91 Å². The lowest BCUT2D eigenvalue weighted by Gasteiger charge is -2.29. The Morgan fingerprint density at radius 3 is 3.00 bits per heavy atom. The maximum absolute atomic E-state index is 11.8. The monoisotopic (exact) mass is 230 g/mol. The smallest absolute Gasteiger partial charge is 0.265 e. The van der Waals surface area contributed by atoms with Crippen molar-refractivity contribution in [1.82, 2.24) is 0 Å². The van der Waals surface area contributed by atoms with Gasteiger partial charge in [0.1, 0.15) is 5.75 Å². The van der Waals surface area contributed by atoms with E-state index in [-0.39, 0.29) is 12.5 Å². The number of unbranched alkanes of at least 4 members (excludes halogenated alkanes) is 2. The van der Waals surface area contributed by atoms with Crippen LogP contribution in [-0.4, -0.2) is 19.1 Å². The third-order valence-corrected chi connectivity index (χ3v) is 2.73. The second kappa shape index (κ2) is 5.35. The number of nitriles is 1. The van der Waals surface area contributed by atoms with Gasteiger partial charge in [0.15, 0.2) is 6.61 Å². The number of anilines is 1. The van der Waals surface area contributed by atoms with Gasteiger partial charge in [0.2, 0.25) is 0 Å². The molecule has 0 aliphatic carbocycles. The molecule has 1 heterocycles. The Labute approximate surface area is 100 Å². The van der Waals surface area contributed by atoms with E-state index in [0.717, 1.165) is 24.3 Å². The first kappa shape index (κ1) is 11.5. The van der Waals surface area contributed by atoms with Crippen molar-refractivity contribution in [3.63, 3.8) is 0 Å². The molecular weight excluding hydrogens is 216 g/mol. The third-order valence-electron chi connectivity index (χ3n) is 2.73. The Morgan fingerprint density at radius 2 is 2.18 bits per heavy atom. The molecule has 1 aromatic rings. The van der Waals surface area contributed by atoms with Crippen molar-refractivity contribution in [2.75, 3.05) is 18.1 Å². The van der Waals surface area contributed by atoms with Gasteiger partial charge < -0.3 is 9.64 Å². The minimum absolute atomic E-state index is 0.0133. The van der Waals surface area contributed by atoms with Crippen LogP contribution in [0.3, 0.4) is 0 Å². The number of carbonyl (C=O) groups is 1. The fourth-order valence-corrected chi connectivity index (χ4v) is 1.87. The molecule has 1 amide bonds. The Morgan fingerprint density at radius 1 is 1.35 bits per heavy atom. The highest BCUT2D eigenvalue weighted by atomic mass is 16.5. The topological polar surface area (TPSA) is 53.3 Å². The van der Waals surface area contributed by atoms with Crippen LogP contribution in [-0.2, 0) is 4.79 Å². The largest absolute Gasteiger partial charge is 0.482 e. The van der Waals surface area contributed by atoms with Gasteiger partial charge in [-0.2, -0.15) is 5.26 Å². The first-order valence-electron chi connectivity index (χ1n) is 5.72. The fourth-order valence-electron chi connectivity index (χ4n) is 1.87. The Hall–Kier alpha value is -2.02. The van der Waals surface area contributed by atoms with Crippen LogP contribution in [0.1, 0.15) is 19.3 Å². The molecule has 4 heteroatoms. The van der Waals surface area contributed by atoms with E-state index in [2.05, 4.69) is 6.07 Å². The summed E-state index contributed by atoms with van der Waals surface area (Å²) in [5, 5.41) is 8.46. The van der Waals surface area contributed by atoms with Crippen molar-refractivity contribution in [3.8, 4) is 11.8 Å². The normalized spacial score (nSPS) is 13.8. The van der Waals surface area contributed by atoms with E-state index in [9.17, 15) is 4.79 Å². The summed E-state index contributed by atoms with van der Waals surface area (Å²) in [6.45, 7) is 0.760. The number of fused-ring (bicyclic) bond motifs is 1. The molecule has 17 heavy (non-hydrogen) atoms. The van der Waals surface area contributed by atoms with Crippen molar-refractivity contribution in [3.05, 3.63) is 24.3 Å². The summed E-state index contributed by atoms with van der Waals surface area (Å²) in [5.41, 5.74) is 0.834. The molecular formula is C13H14N2O2. The number of amides is 1. The van der Waals surface area contributed by atoms with Crippen LogP contribution in [0, 0.1) is 11.3 Å². The number of benzene rings is 1. The molecule has 0 fully saturated rings. The zero-order valence-electron chi connectivity index (χ0n) is 9.56. The summed E-state index contributed by atoms with van der Waals surface area (Å²) in [4.78, 5) is 13.5. The van der Waals surface area contributed by atoms with Gasteiger partial charge in [0, 0.05) is 13.0 Å². The third kappa shape index (κ3) is 2.56. The lowest BCUT2D eigenvalue weighted by Crippen LogP contribution is -2.39. The molecule has 0 unspecified atom stereocenters. The van der Waals surface area contributed by atoms with Gasteiger partial charge in [-0.05, 0) is 25.0 Å². The fraction of sp³-hybridized carbons (Fsp3) is 0.385. The number of carbonyl (C=O) groups excluding carboxylic acids is 1. The van der Waals surface area contributed by atoms with E-state index in [0.29, 0.717) is 13.0 Å². The second-order valence-corrected chi connectivity index (χ2v) is 3.92. The Balaban J connectivity index is 2.05. The quantitative estimate of drug-likeness (QED) is 0.744. The summed E-state index contributed by atoms with van der Waals surface area (Å²) in [5.74, 6) is 0.744.